The summed E-state index contributed by atoms with van der Waals surface area (Å²) >= 11 is 0. The molecule has 2 atom stereocenters. The summed E-state index contributed by atoms with van der Waals surface area (Å²) in [6, 6.07) is 2.10. The highest BCUT2D eigenvalue weighted by Gasteiger charge is 2.34. The van der Waals surface area contributed by atoms with Gasteiger partial charge in [0, 0.05) is 19.1 Å². The van der Waals surface area contributed by atoms with Crippen molar-refractivity contribution in [2.24, 2.45) is 0 Å². The number of amides is 2. The van der Waals surface area contributed by atoms with Crippen LogP contribution in [0.5, 0.6) is 0 Å². The highest BCUT2D eigenvalue weighted by molar-refractivity contribution is 5.75. The first kappa shape index (κ1) is 14.6. The van der Waals surface area contributed by atoms with E-state index in [1.807, 2.05) is 6.07 Å². The fourth-order valence-corrected chi connectivity index (χ4v) is 2.35. The van der Waals surface area contributed by atoms with Crippen molar-refractivity contribution in [1.82, 2.24) is 10.2 Å². The molecule has 1 heterocycles. The number of ether oxygens (including phenoxy) is 1. The van der Waals surface area contributed by atoms with E-state index in [4.69, 9.17) is 15.1 Å². The molecular formula is C13H19N3O4. The first-order chi connectivity index (χ1) is 9.61. The van der Waals surface area contributed by atoms with Gasteiger partial charge in [-0.2, -0.15) is 5.26 Å². The zero-order valence-electron chi connectivity index (χ0n) is 11.2. The molecule has 0 spiro atoms. The summed E-state index contributed by atoms with van der Waals surface area (Å²) in [5.74, 6) is -0.951. The third kappa shape index (κ3) is 3.84. The Hall–Kier alpha value is -1.81. The molecule has 0 radical (unpaired) electrons. The Morgan fingerprint density at radius 2 is 2.10 bits per heavy atom. The average molecular weight is 281 g/mol. The predicted molar refractivity (Wildman–Crippen MR) is 68.9 cm³/mol. The number of rotatable bonds is 6. The summed E-state index contributed by atoms with van der Waals surface area (Å²) < 4.78 is 5.33. The normalized spacial score (nSPS) is 24.9. The first-order valence-corrected chi connectivity index (χ1v) is 6.91. The van der Waals surface area contributed by atoms with E-state index >= 15 is 0 Å². The van der Waals surface area contributed by atoms with Gasteiger partial charge in [-0.25, -0.2) is 9.59 Å². The van der Waals surface area contributed by atoms with E-state index in [0.29, 0.717) is 32.4 Å². The van der Waals surface area contributed by atoms with Crippen molar-refractivity contribution < 1.29 is 19.4 Å². The number of carboxylic acid groups (broad SMARTS) is 1. The van der Waals surface area contributed by atoms with Crippen molar-refractivity contribution in [2.75, 3.05) is 13.1 Å². The van der Waals surface area contributed by atoms with Gasteiger partial charge in [0.25, 0.3) is 0 Å². The Labute approximate surface area is 117 Å². The lowest BCUT2D eigenvalue weighted by Crippen LogP contribution is -2.44. The van der Waals surface area contributed by atoms with E-state index in [1.54, 1.807) is 4.90 Å². The second-order valence-corrected chi connectivity index (χ2v) is 5.18. The number of nitrogens with zero attached hydrogens (tertiary/aromatic N) is 2. The maximum Gasteiger partial charge on any atom is 0.332 e. The second kappa shape index (κ2) is 6.57. The number of nitrogens with one attached hydrogen (secondary N) is 1. The number of hydrogen-bond donors (Lipinski definition) is 2. The Morgan fingerprint density at radius 3 is 2.65 bits per heavy atom. The van der Waals surface area contributed by atoms with Crippen LogP contribution in [0.15, 0.2) is 0 Å². The van der Waals surface area contributed by atoms with E-state index in [2.05, 4.69) is 5.32 Å². The smallest absolute Gasteiger partial charge is 0.332 e. The molecule has 7 nitrogen and oxygen atoms in total. The van der Waals surface area contributed by atoms with Gasteiger partial charge in [0.1, 0.15) is 0 Å². The van der Waals surface area contributed by atoms with E-state index < -0.39 is 12.1 Å². The zero-order valence-corrected chi connectivity index (χ0v) is 11.2. The van der Waals surface area contributed by atoms with Crippen LogP contribution in [0.2, 0.25) is 0 Å². The van der Waals surface area contributed by atoms with Crippen molar-refractivity contribution in [3.05, 3.63) is 0 Å². The van der Waals surface area contributed by atoms with Crippen molar-refractivity contribution in [3.8, 4) is 6.07 Å². The summed E-state index contributed by atoms with van der Waals surface area (Å²) in [4.78, 5) is 24.5. The minimum absolute atomic E-state index is 0.190. The molecule has 2 fully saturated rings. The zero-order chi connectivity index (χ0) is 14.5. The molecule has 1 saturated carbocycles. The van der Waals surface area contributed by atoms with Gasteiger partial charge in [0.15, 0.2) is 6.10 Å². The van der Waals surface area contributed by atoms with E-state index in [-0.39, 0.29) is 18.2 Å². The summed E-state index contributed by atoms with van der Waals surface area (Å²) in [6.45, 7) is 0.759. The Morgan fingerprint density at radius 1 is 1.35 bits per heavy atom. The van der Waals surface area contributed by atoms with E-state index in [9.17, 15) is 9.59 Å². The number of carboxylic acids is 1. The van der Waals surface area contributed by atoms with Gasteiger partial charge >= 0.3 is 12.0 Å². The maximum atomic E-state index is 12.0. The van der Waals surface area contributed by atoms with Crippen LogP contribution in [-0.4, -0.2) is 53.3 Å². The Kier molecular flexibility index (Phi) is 4.79. The number of aliphatic carboxylic acids is 1. The Balaban J connectivity index is 1.74. The monoisotopic (exact) mass is 281 g/mol. The van der Waals surface area contributed by atoms with Crippen molar-refractivity contribution in [2.45, 2.75) is 50.4 Å². The first-order valence-electron chi connectivity index (χ1n) is 6.91. The number of carbonyl (C=O) groups excluding carboxylic acids is 1. The molecule has 1 aliphatic heterocycles. The van der Waals surface area contributed by atoms with Crippen LogP contribution in [0, 0.1) is 11.3 Å². The van der Waals surface area contributed by atoms with Gasteiger partial charge in [0.2, 0.25) is 0 Å². The molecule has 0 aromatic rings. The van der Waals surface area contributed by atoms with Crippen LogP contribution in [-0.2, 0) is 9.53 Å². The molecule has 2 rings (SSSR count). The van der Waals surface area contributed by atoms with Gasteiger partial charge in [0.05, 0.1) is 18.6 Å². The number of hydrogen-bond acceptors (Lipinski definition) is 4. The molecule has 2 amide bonds. The molecule has 0 aromatic carbocycles. The molecule has 2 aliphatic rings. The fraction of sp³-hybridized carbons (Fsp3) is 0.769. The average Bonchev–Trinajstić information content (AvgIpc) is 3.14. The van der Waals surface area contributed by atoms with Crippen molar-refractivity contribution in [3.63, 3.8) is 0 Å². The topological polar surface area (TPSA) is 103 Å². The largest absolute Gasteiger partial charge is 0.479 e. The van der Waals surface area contributed by atoms with E-state index in [0.717, 1.165) is 12.8 Å². The maximum absolute atomic E-state index is 12.0. The molecule has 7 heteroatoms. The third-order valence-corrected chi connectivity index (χ3v) is 3.58. The molecule has 20 heavy (non-hydrogen) atoms. The fourth-order valence-electron chi connectivity index (χ4n) is 2.35. The molecule has 1 saturated heterocycles. The van der Waals surface area contributed by atoms with Gasteiger partial charge in [-0.3, -0.25) is 0 Å². The Bertz CT molecular complexity index is 416. The lowest BCUT2D eigenvalue weighted by molar-refractivity contribution is -0.149. The van der Waals surface area contributed by atoms with Crippen molar-refractivity contribution >= 4 is 12.0 Å². The van der Waals surface area contributed by atoms with Crippen LogP contribution in [0.25, 0.3) is 0 Å². The summed E-state index contributed by atoms with van der Waals surface area (Å²) in [5, 5.41) is 20.2. The molecular weight excluding hydrogens is 262 g/mol. The summed E-state index contributed by atoms with van der Waals surface area (Å²) in [7, 11) is 0. The lowest BCUT2D eigenvalue weighted by atomic mass is 10.2. The number of urea groups is 1. The van der Waals surface area contributed by atoms with Crippen molar-refractivity contribution in [1.29, 1.82) is 5.26 Å². The van der Waals surface area contributed by atoms with Gasteiger partial charge < -0.3 is 20.1 Å². The molecule has 2 unspecified atom stereocenters. The molecule has 1 aliphatic carbocycles. The molecule has 0 aromatic heterocycles. The molecule has 110 valence electrons. The van der Waals surface area contributed by atoms with Gasteiger partial charge in [-0.15, -0.1) is 0 Å². The van der Waals surface area contributed by atoms with Crippen LogP contribution in [0.1, 0.15) is 32.1 Å². The summed E-state index contributed by atoms with van der Waals surface area (Å²) in [5.41, 5.74) is 0. The van der Waals surface area contributed by atoms with Crippen LogP contribution in [0.4, 0.5) is 4.79 Å². The molecule has 0 bridgehead atoms. The van der Waals surface area contributed by atoms with Crippen LogP contribution >= 0.6 is 0 Å². The minimum Gasteiger partial charge on any atom is -0.479 e. The third-order valence-electron chi connectivity index (χ3n) is 3.58. The number of carbonyl (C=O) groups is 2. The van der Waals surface area contributed by atoms with Crippen LogP contribution < -0.4 is 5.32 Å². The van der Waals surface area contributed by atoms with Gasteiger partial charge in [-0.1, -0.05) is 0 Å². The van der Waals surface area contributed by atoms with E-state index in [1.165, 1.54) is 0 Å². The standard InChI is InChI=1S/C13H19N3O4/c14-6-1-7-16(9-2-3-9)13(19)15-8-10-4-5-11(20-10)12(17)18/h9-11H,1-5,7-8H2,(H,15,19)(H,17,18). The summed E-state index contributed by atoms with van der Waals surface area (Å²) in [6.07, 6.45) is 2.42. The molecule has 2 N–H and O–H groups in total. The van der Waals surface area contributed by atoms with Gasteiger partial charge in [-0.05, 0) is 25.7 Å². The minimum atomic E-state index is -0.951. The highest BCUT2D eigenvalue weighted by atomic mass is 16.5. The van der Waals surface area contributed by atoms with Crippen LogP contribution in [0.3, 0.4) is 0 Å². The predicted octanol–water partition coefficient (Wildman–Crippen LogP) is 0.706. The number of nitriles is 1. The second-order valence-electron chi connectivity index (χ2n) is 5.18. The SMILES string of the molecule is N#CCCN(C(=O)NCC1CCC(C(=O)O)O1)C1CC1. The lowest BCUT2D eigenvalue weighted by Gasteiger charge is -2.22. The highest BCUT2D eigenvalue weighted by Crippen LogP contribution is 2.27. The quantitative estimate of drug-likeness (QED) is 0.746.